The fourth-order valence-electron chi connectivity index (χ4n) is 2.06. The van der Waals surface area contributed by atoms with Gasteiger partial charge in [-0.05, 0) is 37.4 Å². The van der Waals surface area contributed by atoms with Crippen LogP contribution in [0, 0.1) is 5.92 Å². The smallest absolute Gasteiger partial charge is 0.414 e. The third-order valence-corrected chi connectivity index (χ3v) is 3.31. The van der Waals surface area contributed by atoms with E-state index in [1.165, 1.54) is 31.5 Å². The van der Waals surface area contributed by atoms with E-state index in [0.29, 0.717) is 0 Å². The molecule has 1 fully saturated rings. The monoisotopic (exact) mass is 279 g/mol. The lowest BCUT2D eigenvalue weighted by Gasteiger charge is -2.30. The van der Waals surface area contributed by atoms with Crippen molar-refractivity contribution < 1.29 is 19.8 Å². The minimum absolute atomic E-state index is 0.932. The first-order valence-corrected chi connectivity index (χ1v) is 6.71. The number of piperidine rings is 1. The maximum absolute atomic E-state index is 9.10. The second kappa shape index (κ2) is 8.32. The van der Waals surface area contributed by atoms with Crippen LogP contribution >= 0.6 is 0 Å². The fraction of sp³-hybridized carbons (Fsp3) is 0.467. The SMILES string of the molecule is CC1CCN(Cc2ccccc2)CC1.O=C(O)C(=O)O. The predicted molar refractivity (Wildman–Crippen MR) is 75.4 cm³/mol. The van der Waals surface area contributed by atoms with Crippen LogP contribution in [0.15, 0.2) is 30.3 Å². The van der Waals surface area contributed by atoms with Crippen molar-refractivity contribution in [3.05, 3.63) is 35.9 Å². The summed E-state index contributed by atoms with van der Waals surface area (Å²) >= 11 is 0. The zero-order valence-corrected chi connectivity index (χ0v) is 11.7. The van der Waals surface area contributed by atoms with Crippen molar-refractivity contribution in [3.8, 4) is 0 Å². The van der Waals surface area contributed by atoms with Gasteiger partial charge >= 0.3 is 11.9 Å². The van der Waals surface area contributed by atoms with Crippen LogP contribution in [0.1, 0.15) is 25.3 Å². The van der Waals surface area contributed by atoms with E-state index in [1.54, 1.807) is 0 Å². The summed E-state index contributed by atoms with van der Waals surface area (Å²) in [6, 6.07) is 10.8. The van der Waals surface area contributed by atoms with Crippen molar-refractivity contribution in [1.82, 2.24) is 4.90 Å². The van der Waals surface area contributed by atoms with Crippen LogP contribution in [-0.4, -0.2) is 40.1 Å². The molecule has 20 heavy (non-hydrogen) atoms. The molecule has 0 saturated carbocycles. The topological polar surface area (TPSA) is 77.8 Å². The Bertz CT molecular complexity index is 413. The molecule has 1 saturated heterocycles. The molecule has 110 valence electrons. The minimum Gasteiger partial charge on any atom is -0.473 e. The van der Waals surface area contributed by atoms with Crippen LogP contribution in [0.5, 0.6) is 0 Å². The van der Waals surface area contributed by atoms with Gasteiger partial charge in [0.15, 0.2) is 0 Å². The van der Waals surface area contributed by atoms with Gasteiger partial charge in [0, 0.05) is 6.54 Å². The maximum atomic E-state index is 9.10. The molecule has 2 N–H and O–H groups in total. The van der Waals surface area contributed by atoms with Gasteiger partial charge in [0.1, 0.15) is 0 Å². The molecule has 0 spiro atoms. The number of nitrogens with zero attached hydrogens (tertiary/aromatic N) is 1. The van der Waals surface area contributed by atoms with Crippen LogP contribution in [0.25, 0.3) is 0 Å². The molecule has 1 aromatic rings. The Hall–Kier alpha value is -1.88. The van der Waals surface area contributed by atoms with Crippen LogP contribution in [0.4, 0.5) is 0 Å². The molecule has 1 aromatic carbocycles. The lowest BCUT2D eigenvalue weighted by atomic mass is 9.99. The third-order valence-electron chi connectivity index (χ3n) is 3.31. The van der Waals surface area contributed by atoms with Crippen molar-refractivity contribution in [2.45, 2.75) is 26.3 Å². The van der Waals surface area contributed by atoms with Gasteiger partial charge in [-0.15, -0.1) is 0 Å². The molecule has 1 aliphatic heterocycles. The molecule has 0 aliphatic carbocycles. The predicted octanol–water partition coefficient (Wildman–Crippen LogP) is 2.07. The molecular formula is C15H21NO4. The molecule has 0 radical (unpaired) electrons. The zero-order valence-electron chi connectivity index (χ0n) is 11.7. The van der Waals surface area contributed by atoms with Crippen molar-refractivity contribution in [2.24, 2.45) is 5.92 Å². The second-order valence-corrected chi connectivity index (χ2v) is 5.05. The highest BCUT2D eigenvalue weighted by atomic mass is 16.4. The Morgan fingerprint density at radius 1 is 1.10 bits per heavy atom. The van der Waals surface area contributed by atoms with E-state index in [1.807, 2.05) is 0 Å². The third kappa shape index (κ3) is 6.33. The molecule has 0 aromatic heterocycles. The van der Waals surface area contributed by atoms with Crippen molar-refractivity contribution >= 4 is 11.9 Å². The van der Waals surface area contributed by atoms with E-state index >= 15 is 0 Å². The number of likely N-dealkylation sites (tertiary alicyclic amines) is 1. The Morgan fingerprint density at radius 2 is 1.60 bits per heavy atom. The first kappa shape index (κ1) is 16.2. The molecule has 0 unspecified atom stereocenters. The summed E-state index contributed by atoms with van der Waals surface area (Å²) in [5.41, 5.74) is 1.45. The average Bonchev–Trinajstić information content (AvgIpc) is 2.43. The van der Waals surface area contributed by atoms with Gasteiger partial charge in [0.05, 0.1) is 0 Å². The number of rotatable bonds is 2. The van der Waals surface area contributed by atoms with Gasteiger partial charge in [0.2, 0.25) is 0 Å². The number of aliphatic carboxylic acids is 2. The Labute approximate surface area is 118 Å². The summed E-state index contributed by atoms with van der Waals surface area (Å²) in [7, 11) is 0. The fourth-order valence-corrected chi connectivity index (χ4v) is 2.06. The number of carbonyl (C=O) groups is 2. The number of hydrogen-bond donors (Lipinski definition) is 2. The van der Waals surface area contributed by atoms with E-state index in [-0.39, 0.29) is 0 Å². The van der Waals surface area contributed by atoms with Crippen LogP contribution < -0.4 is 0 Å². The molecular weight excluding hydrogens is 258 g/mol. The van der Waals surface area contributed by atoms with Gasteiger partial charge < -0.3 is 10.2 Å². The van der Waals surface area contributed by atoms with Crippen LogP contribution in [-0.2, 0) is 16.1 Å². The maximum Gasteiger partial charge on any atom is 0.414 e. The van der Waals surface area contributed by atoms with Gasteiger partial charge in [-0.2, -0.15) is 0 Å². The van der Waals surface area contributed by atoms with Crippen molar-refractivity contribution in [2.75, 3.05) is 13.1 Å². The average molecular weight is 279 g/mol. The van der Waals surface area contributed by atoms with E-state index in [4.69, 9.17) is 19.8 Å². The quantitative estimate of drug-likeness (QED) is 0.810. The van der Waals surface area contributed by atoms with E-state index in [2.05, 4.69) is 42.2 Å². The first-order valence-electron chi connectivity index (χ1n) is 6.71. The number of carboxylic acid groups (broad SMARTS) is 2. The highest BCUT2D eigenvalue weighted by molar-refractivity contribution is 6.27. The van der Waals surface area contributed by atoms with Gasteiger partial charge in [0.25, 0.3) is 0 Å². The Kier molecular flexibility index (Phi) is 6.73. The lowest BCUT2D eigenvalue weighted by molar-refractivity contribution is -0.159. The largest absolute Gasteiger partial charge is 0.473 e. The van der Waals surface area contributed by atoms with Crippen LogP contribution in [0.3, 0.4) is 0 Å². The molecule has 0 atom stereocenters. The highest BCUT2D eigenvalue weighted by Crippen LogP contribution is 2.17. The Morgan fingerprint density at radius 3 is 2.05 bits per heavy atom. The lowest BCUT2D eigenvalue weighted by Crippen LogP contribution is -2.32. The second-order valence-electron chi connectivity index (χ2n) is 5.05. The van der Waals surface area contributed by atoms with Gasteiger partial charge in [-0.1, -0.05) is 37.3 Å². The summed E-state index contributed by atoms with van der Waals surface area (Å²) in [6.45, 7) is 6.04. The molecule has 0 bridgehead atoms. The van der Waals surface area contributed by atoms with Gasteiger partial charge in [-0.3, -0.25) is 4.90 Å². The normalized spacial score (nSPS) is 16.1. The molecule has 1 heterocycles. The van der Waals surface area contributed by atoms with Gasteiger partial charge in [-0.25, -0.2) is 9.59 Å². The van der Waals surface area contributed by atoms with Crippen molar-refractivity contribution in [3.63, 3.8) is 0 Å². The molecule has 5 heteroatoms. The summed E-state index contributed by atoms with van der Waals surface area (Å²) in [4.78, 5) is 20.8. The molecule has 5 nitrogen and oxygen atoms in total. The molecule has 1 aliphatic rings. The number of carboxylic acids is 2. The summed E-state index contributed by atoms with van der Waals surface area (Å²) in [5, 5.41) is 14.8. The summed E-state index contributed by atoms with van der Waals surface area (Å²) < 4.78 is 0. The number of benzene rings is 1. The van der Waals surface area contributed by atoms with E-state index in [9.17, 15) is 0 Å². The zero-order chi connectivity index (χ0) is 15.0. The minimum atomic E-state index is -1.82. The molecule has 2 rings (SSSR count). The standard InChI is InChI=1S/C13H19N.C2H2O4/c1-12-7-9-14(10-8-12)11-13-5-3-2-4-6-13;3-1(4)2(5)6/h2-6,12H,7-11H2,1H3;(H,3,4)(H,5,6). The summed E-state index contributed by atoms with van der Waals surface area (Å²) in [6.07, 6.45) is 2.74. The van der Waals surface area contributed by atoms with Crippen LogP contribution in [0.2, 0.25) is 0 Å². The molecule has 0 amide bonds. The number of hydrogen-bond acceptors (Lipinski definition) is 3. The van der Waals surface area contributed by atoms with E-state index in [0.717, 1.165) is 12.5 Å². The van der Waals surface area contributed by atoms with Crippen molar-refractivity contribution in [1.29, 1.82) is 0 Å². The van der Waals surface area contributed by atoms with E-state index < -0.39 is 11.9 Å². The highest BCUT2D eigenvalue weighted by Gasteiger charge is 2.15. The summed E-state index contributed by atoms with van der Waals surface area (Å²) in [5.74, 6) is -2.72. The Balaban J connectivity index is 0.000000286. The first-order chi connectivity index (χ1) is 9.49.